The molecular formula is C28H37N5O. The Bertz CT molecular complexity index is 950. The zero-order chi connectivity index (χ0) is 22.9. The Kier molecular flexibility index (Phi) is 6.16. The van der Waals surface area contributed by atoms with Crippen LogP contribution in [0.1, 0.15) is 68.2 Å². The maximum absolute atomic E-state index is 12.9. The molecule has 1 aromatic heterocycles. The Balaban J connectivity index is 0.924. The summed E-state index contributed by atoms with van der Waals surface area (Å²) in [5.74, 6) is 1.81. The minimum absolute atomic E-state index is 0.121. The standard InChI is InChI=1S/C28H37N5O/c34-28(32-19-17-31(18-20-32)27-7-3-4-15-29-27)30-22-10-8-21(9-11-22)14-16-33-25-12-13-26(33)24-6-2-1-5-23(24)25/h1-7,15,21-22,25-26H,8-14,16-20H2,(H,30,34). The molecule has 1 N–H and O–H groups in total. The molecule has 2 unspecified atom stereocenters. The van der Waals surface area contributed by atoms with Gasteiger partial charge in [0, 0.05) is 50.5 Å². The van der Waals surface area contributed by atoms with Gasteiger partial charge in [-0.05, 0) is 80.7 Å². The predicted molar refractivity (Wildman–Crippen MR) is 135 cm³/mol. The van der Waals surface area contributed by atoms with Gasteiger partial charge in [-0.2, -0.15) is 0 Å². The molecule has 1 aliphatic carbocycles. The lowest BCUT2D eigenvalue weighted by Crippen LogP contribution is -2.54. The van der Waals surface area contributed by atoms with Gasteiger partial charge in [0.05, 0.1) is 0 Å². The Hall–Kier alpha value is -2.60. The van der Waals surface area contributed by atoms with Gasteiger partial charge in [0.1, 0.15) is 5.82 Å². The molecule has 1 saturated carbocycles. The normalized spacial score (nSPS) is 28.7. The summed E-state index contributed by atoms with van der Waals surface area (Å²) in [6, 6.07) is 16.9. The van der Waals surface area contributed by atoms with Crippen molar-refractivity contribution in [1.29, 1.82) is 0 Å². The van der Waals surface area contributed by atoms with Crippen LogP contribution in [0.25, 0.3) is 0 Å². The van der Waals surface area contributed by atoms with E-state index in [1.54, 1.807) is 11.1 Å². The molecule has 6 nitrogen and oxygen atoms in total. The second-order valence-electron chi connectivity index (χ2n) is 10.6. The molecule has 3 aliphatic heterocycles. The lowest BCUT2D eigenvalue weighted by Gasteiger charge is -2.37. The van der Waals surface area contributed by atoms with Crippen LogP contribution in [0.3, 0.4) is 0 Å². The van der Waals surface area contributed by atoms with Crippen LogP contribution in [0.15, 0.2) is 48.7 Å². The van der Waals surface area contributed by atoms with Gasteiger partial charge in [-0.1, -0.05) is 30.3 Å². The van der Waals surface area contributed by atoms with Crippen molar-refractivity contribution in [2.45, 2.75) is 63.1 Å². The number of amides is 2. The van der Waals surface area contributed by atoms with E-state index in [1.807, 2.05) is 29.3 Å². The molecule has 2 saturated heterocycles. The summed E-state index contributed by atoms with van der Waals surface area (Å²) in [5, 5.41) is 3.34. The molecule has 0 radical (unpaired) electrons. The van der Waals surface area contributed by atoms with Crippen molar-refractivity contribution in [3.63, 3.8) is 0 Å². The SMILES string of the molecule is O=C(NC1CCC(CCN2C3CCC2c2ccccc23)CC1)N1CCN(c2ccccn2)CC1. The van der Waals surface area contributed by atoms with Crippen molar-refractivity contribution in [3.05, 3.63) is 59.8 Å². The van der Waals surface area contributed by atoms with Crippen molar-refractivity contribution in [1.82, 2.24) is 20.1 Å². The Morgan fingerprint density at radius 2 is 1.53 bits per heavy atom. The third-order valence-electron chi connectivity index (χ3n) is 8.74. The molecule has 2 bridgehead atoms. The highest BCUT2D eigenvalue weighted by molar-refractivity contribution is 5.75. The van der Waals surface area contributed by atoms with Gasteiger partial charge in [-0.3, -0.25) is 4.90 Å². The molecule has 180 valence electrons. The molecule has 4 aliphatic rings. The molecule has 0 spiro atoms. The molecule has 6 rings (SSSR count). The quantitative estimate of drug-likeness (QED) is 0.701. The van der Waals surface area contributed by atoms with Gasteiger partial charge < -0.3 is 15.1 Å². The number of rotatable bonds is 5. The second kappa shape index (κ2) is 9.57. The molecule has 2 amide bonds. The summed E-state index contributed by atoms with van der Waals surface area (Å²) in [5.41, 5.74) is 3.18. The van der Waals surface area contributed by atoms with Crippen LogP contribution in [0.2, 0.25) is 0 Å². The lowest BCUT2D eigenvalue weighted by molar-refractivity contribution is 0.173. The third kappa shape index (κ3) is 4.28. The number of carbonyl (C=O) groups excluding carboxylic acids is 1. The van der Waals surface area contributed by atoms with Crippen LogP contribution in [-0.4, -0.2) is 59.6 Å². The van der Waals surface area contributed by atoms with Gasteiger partial charge in [0.2, 0.25) is 0 Å². The first-order chi connectivity index (χ1) is 16.8. The topological polar surface area (TPSA) is 51.7 Å². The fraction of sp³-hybridized carbons (Fsp3) is 0.571. The van der Waals surface area contributed by atoms with E-state index in [0.717, 1.165) is 50.8 Å². The summed E-state index contributed by atoms with van der Waals surface area (Å²) in [6.07, 6.45) is 10.5. The van der Waals surface area contributed by atoms with Gasteiger partial charge in [0.15, 0.2) is 0 Å². The highest BCUT2D eigenvalue weighted by Gasteiger charge is 2.43. The fourth-order valence-corrected chi connectivity index (χ4v) is 6.83. The molecule has 2 aromatic rings. The van der Waals surface area contributed by atoms with E-state index in [0.29, 0.717) is 18.1 Å². The number of fused-ring (bicyclic) bond motifs is 5. The van der Waals surface area contributed by atoms with Crippen molar-refractivity contribution in [3.8, 4) is 0 Å². The first kappa shape index (κ1) is 21.9. The number of pyridine rings is 1. The largest absolute Gasteiger partial charge is 0.353 e. The van der Waals surface area contributed by atoms with Crippen molar-refractivity contribution in [2.24, 2.45) is 5.92 Å². The van der Waals surface area contributed by atoms with Gasteiger partial charge in [0.25, 0.3) is 0 Å². The number of piperazine rings is 1. The molecule has 2 atom stereocenters. The van der Waals surface area contributed by atoms with Crippen LogP contribution >= 0.6 is 0 Å². The summed E-state index contributed by atoms with van der Waals surface area (Å²) < 4.78 is 0. The molecule has 6 heteroatoms. The van der Waals surface area contributed by atoms with Crippen molar-refractivity contribution in [2.75, 3.05) is 37.6 Å². The van der Waals surface area contributed by atoms with E-state index in [4.69, 9.17) is 0 Å². The maximum Gasteiger partial charge on any atom is 0.317 e. The van der Waals surface area contributed by atoms with Gasteiger partial charge in [-0.15, -0.1) is 0 Å². The number of benzene rings is 1. The van der Waals surface area contributed by atoms with E-state index in [9.17, 15) is 4.79 Å². The maximum atomic E-state index is 12.9. The third-order valence-corrected chi connectivity index (χ3v) is 8.74. The number of nitrogens with one attached hydrogen (secondary N) is 1. The molecule has 34 heavy (non-hydrogen) atoms. The number of urea groups is 1. The van der Waals surface area contributed by atoms with Gasteiger partial charge in [-0.25, -0.2) is 9.78 Å². The molecule has 4 heterocycles. The van der Waals surface area contributed by atoms with E-state index < -0.39 is 0 Å². The van der Waals surface area contributed by atoms with Crippen molar-refractivity contribution < 1.29 is 4.79 Å². The Labute approximate surface area is 203 Å². The predicted octanol–water partition coefficient (Wildman–Crippen LogP) is 4.75. The molecular weight excluding hydrogens is 422 g/mol. The Morgan fingerprint density at radius 3 is 2.18 bits per heavy atom. The first-order valence-corrected chi connectivity index (χ1v) is 13.3. The average Bonchev–Trinajstić information content (AvgIpc) is 3.45. The fourth-order valence-electron chi connectivity index (χ4n) is 6.83. The summed E-state index contributed by atoms with van der Waals surface area (Å²) >= 11 is 0. The highest BCUT2D eigenvalue weighted by atomic mass is 16.2. The van der Waals surface area contributed by atoms with Gasteiger partial charge >= 0.3 is 6.03 Å². The highest BCUT2D eigenvalue weighted by Crippen LogP contribution is 2.53. The van der Waals surface area contributed by atoms with E-state index in [2.05, 4.69) is 44.4 Å². The van der Waals surface area contributed by atoms with E-state index in [-0.39, 0.29) is 6.03 Å². The van der Waals surface area contributed by atoms with Crippen LogP contribution in [0, 0.1) is 5.92 Å². The molecule has 1 aromatic carbocycles. The summed E-state index contributed by atoms with van der Waals surface area (Å²) in [4.78, 5) is 24.3. The number of aromatic nitrogens is 1. The number of carbonyl (C=O) groups is 1. The Morgan fingerprint density at radius 1 is 0.853 bits per heavy atom. The summed E-state index contributed by atoms with van der Waals surface area (Å²) in [7, 11) is 0. The van der Waals surface area contributed by atoms with E-state index >= 15 is 0 Å². The smallest absolute Gasteiger partial charge is 0.317 e. The monoisotopic (exact) mass is 459 g/mol. The minimum atomic E-state index is 0.121. The van der Waals surface area contributed by atoms with Crippen LogP contribution in [0.5, 0.6) is 0 Å². The summed E-state index contributed by atoms with van der Waals surface area (Å²) in [6.45, 7) is 4.45. The minimum Gasteiger partial charge on any atom is -0.353 e. The number of nitrogens with zero attached hydrogens (tertiary/aromatic N) is 4. The number of hydrogen-bond donors (Lipinski definition) is 1. The second-order valence-corrected chi connectivity index (χ2v) is 10.6. The van der Waals surface area contributed by atoms with Crippen LogP contribution in [-0.2, 0) is 0 Å². The first-order valence-electron chi connectivity index (χ1n) is 13.3. The van der Waals surface area contributed by atoms with E-state index in [1.165, 1.54) is 38.6 Å². The lowest BCUT2D eigenvalue weighted by atomic mass is 9.84. The zero-order valence-corrected chi connectivity index (χ0v) is 20.1. The van der Waals surface area contributed by atoms with Crippen LogP contribution < -0.4 is 10.2 Å². The number of hydrogen-bond acceptors (Lipinski definition) is 4. The molecule has 3 fully saturated rings. The van der Waals surface area contributed by atoms with Crippen molar-refractivity contribution >= 4 is 11.8 Å². The average molecular weight is 460 g/mol. The number of anilines is 1. The van der Waals surface area contributed by atoms with Crippen LogP contribution in [0.4, 0.5) is 10.6 Å². The zero-order valence-electron chi connectivity index (χ0n) is 20.1.